The zero-order chi connectivity index (χ0) is 15.4. The summed E-state index contributed by atoms with van der Waals surface area (Å²) in [4.78, 5) is 21.9. The predicted octanol–water partition coefficient (Wildman–Crippen LogP) is 2.27. The van der Waals surface area contributed by atoms with Gasteiger partial charge in [-0.3, -0.25) is 14.9 Å². The summed E-state index contributed by atoms with van der Waals surface area (Å²) in [6.45, 7) is 2.48. The highest BCUT2D eigenvalue weighted by molar-refractivity contribution is 7.17. The summed E-state index contributed by atoms with van der Waals surface area (Å²) >= 11 is 0.999. The lowest BCUT2D eigenvalue weighted by Gasteiger charge is -2.03. The zero-order valence-electron chi connectivity index (χ0n) is 10.8. The van der Waals surface area contributed by atoms with Crippen molar-refractivity contribution in [3.63, 3.8) is 0 Å². The van der Waals surface area contributed by atoms with Crippen LogP contribution in [0.15, 0.2) is 18.2 Å². The van der Waals surface area contributed by atoms with Crippen LogP contribution in [0, 0.1) is 15.9 Å². The first-order valence-electron chi connectivity index (χ1n) is 5.84. The normalized spacial score (nSPS) is 10.2. The van der Waals surface area contributed by atoms with Gasteiger partial charge in [0, 0.05) is 18.7 Å². The monoisotopic (exact) mass is 311 g/mol. The van der Waals surface area contributed by atoms with Crippen molar-refractivity contribution in [1.29, 1.82) is 0 Å². The van der Waals surface area contributed by atoms with Gasteiger partial charge in [0.25, 0.3) is 11.6 Å². The van der Waals surface area contributed by atoms with Crippen LogP contribution in [0.3, 0.4) is 0 Å². The van der Waals surface area contributed by atoms with Crippen LogP contribution in [-0.2, 0) is 0 Å². The molecular weight excluding hydrogens is 301 g/mol. The Morgan fingerprint density at radius 2 is 2.24 bits per heavy atom. The first-order chi connectivity index (χ1) is 10.0. The molecule has 1 aromatic carbocycles. The van der Waals surface area contributed by atoms with Crippen molar-refractivity contribution in [3.8, 4) is 0 Å². The molecular formula is C11H10FN5O3S. The molecule has 21 heavy (non-hydrogen) atoms. The van der Waals surface area contributed by atoms with E-state index in [-0.39, 0.29) is 16.4 Å². The largest absolute Gasteiger partial charge is 0.360 e. The van der Waals surface area contributed by atoms with E-state index in [9.17, 15) is 19.3 Å². The van der Waals surface area contributed by atoms with Crippen molar-refractivity contribution in [1.82, 2.24) is 10.2 Å². The molecule has 0 radical (unpaired) electrons. The van der Waals surface area contributed by atoms with E-state index >= 15 is 0 Å². The van der Waals surface area contributed by atoms with Gasteiger partial charge in [0.05, 0.1) is 10.6 Å². The number of nitro benzene ring substituents is 1. The molecule has 0 fully saturated rings. The second-order valence-corrected chi connectivity index (χ2v) is 4.80. The van der Waals surface area contributed by atoms with Gasteiger partial charge in [-0.25, -0.2) is 4.39 Å². The van der Waals surface area contributed by atoms with Gasteiger partial charge >= 0.3 is 0 Å². The summed E-state index contributed by atoms with van der Waals surface area (Å²) in [6.07, 6.45) is 0. The Hall–Kier alpha value is -2.62. The van der Waals surface area contributed by atoms with Crippen LogP contribution >= 0.6 is 11.3 Å². The van der Waals surface area contributed by atoms with Crippen LogP contribution in [0.2, 0.25) is 0 Å². The van der Waals surface area contributed by atoms with Gasteiger partial charge in [0.2, 0.25) is 10.1 Å². The summed E-state index contributed by atoms with van der Waals surface area (Å²) < 4.78 is 13.6. The fourth-order valence-corrected chi connectivity index (χ4v) is 2.14. The number of carbonyl (C=O) groups is 1. The third-order valence-electron chi connectivity index (χ3n) is 2.36. The highest BCUT2D eigenvalue weighted by Crippen LogP contribution is 2.23. The zero-order valence-corrected chi connectivity index (χ0v) is 11.6. The van der Waals surface area contributed by atoms with E-state index in [1.54, 1.807) is 0 Å². The number of amides is 1. The van der Waals surface area contributed by atoms with Gasteiger partial charge in [0.15, 0.2) is 0 Å². The Morgan fingerprint density at radius 3 is 2.90 bits per heavy atom. The van der Waals surface area contributed by atoms with Crippen molar-refractivity contribution in [3.05, 3.63) is 39.1 Å². The lowest BCUT2D eigenvalue weighted by molar-refractivity contribution is -0.384. The molecule has 0 bridgehead atoms. The number of benzene rings is 1. The fourth-order valence-electron chi connectivity index (χ4n) is 1.44. The number of rotatable bonds is 5. The molecule has 2 rings (SSSR count). The van der Waals surface area contributed by atoms with Crippen molar-refractivity contribution in [2.75, 3.05) is 17.2 Å². The van der Waals surface area contributed by atoms with E-state index in [1.807, 2.05) is 6.92 Å². The van der Waals surface area contributed by atoms with Crippen LogP contribution < -0.4 is 10.6 Å². The molecule has 0 aliphatic heterocycles. The third kappa shape index (κ3) is 3.48. The molecule has 1 aromatic heterocycles. The Balaban J connectivity index is 2.18. The van der Waals surface area contributed by atoms with Crippen molar-refractivity contribution in [2.24, 2.45) is 0 Å². The molecule has 0 saturated carbocycles. The van der Waals surface area contributed by atoms with Crippen molar-refractivity contribution >= 4 is 33.8 Å². The Kier molecular flexibility index (Phi) is 4.38. The number of nitrogens with one attached hydrogen (secondary N) is 2. The van der Waals surface area contributed by atoms with Crippen LogP contribution in [0.5, 0.6) is 0 Å². The summed E-state index contributed by atoms with van der Waals surface area (Å²) in [6, 6.07) is 2.87. The molecule has 110 valence electrons. The van der Waals surface area contributed by atoms with E-state index in [0.29, 0.717) is 11.7 Å². The van der Waals surface area contributed by atoms with Crippen LogP contribution in [-0.4, -0.2) is 27.6 Å². The number of aromatic nitrogens is 2. The number of carbonyl (C=O) groups excluding carboxylic acids is 1. The molecule has 0 saturated heterocycles. The Bertz CT molecular complexity index is 690. The predicted molar refractivity (Wildman–Crippen MR) is 75.1 cm³/mol. The van der Waals surface area contributed by atoms with Gasteiger partial charge in [-0.2, -0.15) is 0 Å². The number of nitrogens with zero attached hydrogens (tertiary/aromatic N) is 3. The Labute approximate surface area is 122 Å². The second kappa shape index (κ2) is 6.22. The van der Waals surface area contributed by atoms with Gasteiger partial charge in [0.1, 0.15) is 5.82 Å². The average molecular weight is 311 g/mol. The van der Waals surface area contributed by atoms with Gasteiger partial charge in [-0.15, -0.1) is 10.2 Å². The number of anilines is 2. The molecule has 2 N–H and O–H groups in total. The molecule has 10 heteroatoms. The lowest BCUT2D eigenvalue weighted by atomic mass is 10.2. The van der Waals surface area contributed by atoms with Gasteiger partial charge in [-0.05, 0) is 13.0 Å². The maximum atomic E-state index is 13.6. The smallest absolute Gasteiger partial charge is 0.286 e. The topological polar surface area (TPSA) is 110 Å². The maximum Gasteiger partial charge on any atom is 0.286 e. The number of nitro groups is 1. The number of hydrogen-bond acceptors (Lipinski definition) is 7. The first-order valence-corrected chi connectivity index (χ1v) is 6.65. The number of non-ortho nitro benzene ring substituents is 1. The SMILES string of the molecule is CCNc1nnc(C(=O)Nc2cc([N+](=O)[O-])ccc2F)s1. The molecule has 0 aliphatic rings. The van der Waals surface area contributed by atoms with Crippen LogP contribution in [0.4, 0.5) is 20.9 Å². The molecule has 0 atom stereocenters. The maximum absolute atomic E-state index is 13.6. The summed E-state index contributed by atoms with van der Waals surface area (Å²) in [7, 11) is 0. The fraction of sp³-hybridized carbons (Fsp3) is 0.182. The van der Waals surface area contributed by atoms with E-state index in [1.165, 1.54) is 0 Å². The van der Waals surface area contributed by atoms with E-state index < -0.39 is 16.6 Å². The van der Waals surface area contributed by atoms with Gasteiger partial charge in [-0.1, -0.05) is 11.3 Å². The molecule has 0 spiro atoms. The third-order valence-corrected chi connectivity index (χ3v) is 3.24. The molecule has 0 aliphatic carbocycles. The molecule has 1 amide bonds. The van der Waals surface area contributed by atoms with Gasteiger partial charge < -0.3 is 10.6 Å². The summed E-state index contributed by atoms with van der Waals surface area (Å²) in [5, 5.41) is 23.6. The minimum absolute atomic E-state index is 0.0249. The minimum atomic E-state index is -0.773. The van der Waals surface area contributed by atoms with Crippen molar-refractivity contribution < 1.29 is 14.1 Å². The highest BCUT2D eigenvalue weighted by atomic mass is 32.1. The van der Waals surface area contributed by atoms with E-state index in [2.05, 4.69) is 20.8 Å². The van der Waals surface area contributed by atoms with Crippen LogP contribution in [0.25, 0.3) is 0 Å². The number of hydrogen-bond donors (Lipinski definition) is 2. The highest BCUT2D eigenvalue weighted by Gasteiger charge is 2.17. The van der Waals surface area contributed by atoms with E-state index in [4.69, 9.17) is 0 Å². The molecule has 1 heterocycles. The van der Waals surface area contributed by atoms with E-state index in [0.717, 1.165) is 29.5 Å². The Morgan fingerprint density at radius 1 is 1.48 bits per heavy atom. The van der Waals surface area contributed by atoms with Crippen molar-refractivity contribution in [2.45, 2.75) is 6.92 Å². The standard InChI is InChI=1S/C11H10FN5O3S/c1-2-13-11-16-15-10(21-11)9(18)14-8-5-6(17(19)20)3-4-7(8)12/h3-5H,2H2,1H3,(H,13,16)(H,14,18). The molecule has 2 aromatic rings. The van der Waals surface area contributed by atoms with Crippen LogP contribution in [0.1, 0.15) is 16.7 Å². The first kappa shape index (κ1) is 14.8. The summed E-state index contributed by atoms with van der Waals surface area (Å²) in [5.41, 5.74) is -0.605. The minimum Gasteiger partial charge on any atom is -0.360 e. The lowest BCUT2D eigenvalue weighted by Crippen LogP contribution is -2.13. The molecule has 8 nitrogen and oxygen atoms in total. The quantitative estimate of drug-likeness (QED) is 0.647. The molecule has 0 unspecified atom stereocenters. The average Bonchev–Trinajstić information content (AvgIpc) is 2.90. The summed E-state index contributed by atoms with van der Waals surface area (Å²) in [5.74, 6) is -1.46. The number of halogens is 1. The second-order valence-electron chi connectivity index (χ2n) is 3.82.